The number of nitrogens with two attached hydrogens (primary N) is 1. The number of carbonyl (C=O) groups is 2. The van der Waals surface area contributed by atoms with Crippen LogP contribution < -0.4 is 5.73 Å². The van der Waals surface area contributed by atoms with E-state index in [0.29, 0.717) is 6.42 Å². The monoisotopic (exact) mass is 982 g/mol. The van der Waals surface area contributed by atoms with Crippen LogP contribution in [0.25, 0.3) is 0 Å². The Morgan fingerprint density at radius 2 is 0.765 bits per heavy atom. The van der Waals surface area contributed by atoms with Crippen LogP contribution in [0.4, 0.5) is 0 Å². The van der Waals surface area contributed by atoms with Crippen molar-refractivity contribution < 1.29 is 37.6 Å². The Morgan fingerprint density at radius 1 is 0.441 bits per heavy atom. The highest BCUT2D eigenvalue weighted by molar-refractivity contribution is 7.47. The number of carbonyl (C=O) groups excluding carboxylic acids is 2. The second-order valence-corrected chi connectivity index (χ2v) is 21.3. The molecule has 0 heterocycles. The van der Waals surface area contributed by atoms with E-state index in [-0.39, 0.29) is 38.6 Å². The Labute approximate surface area is 421 Å². The fraction of sp³-hybridized carbons (Fsp3) is 0.897. The van der Waals surface area contributed by atoms with E-state index in [1.165, 1.54) is 225 Å². The van der Waals surface area contributed by atoms with E-state index in [1.54, 1.807) is 0 Å². The summed E-state index contributed by atoms with van der Waals surface area (Å²) in [5.41, 5.74) is 5.38. The van der Waals surface area contributed by atoms with Gasteiger partial charge in [0, 0.05) is 19.4 Å². The fourth-order valence-corrected chi connectivity index (χ4v) is 9.49. The molecule has 2 unspecified atom stereocenters. The maximum atomic E-state index is 12.7. The molecule has 0 saturated carbocycles. The Morgan fingerprint density at radius 3 is 1.12 bits per heavy atom. The Balaban J connectivity index is 3.93. The minimum absolute atomic E-state index is 0.0554. The molecule has 0 radical (unpaired) electrons. The second-order valence-electron chi connectivity index (χ2n) is 19.9. The lowest BCUT2D eigenvalue weighted by molar-refractivity contribution is -0.161. The number of phosphoric ester groups is 1. The first-order valence-electron chi connectivity index (χ1n) is 29.3. The molecule has 0 aromatic rings. The molecule has 0 saturated heterocycles. The van der Waals surface area contributed by atoms with Crippen LogP contribution in [0.5, 0.6) is 0 Å². The molecule has 2 atom stereocenters. The average molecular weight is 983 g/mol. The third-order valence-corrected chi connectivity index (χ3v) is 14.1. The first-order chi connectivity index (χ1) is 33.3. The van der Waals surface area contributed by atoms with Gasteiger partial charge in [0.25, 0.3) is 0 Å². The van der Waals surface area contributed by atoms with E-state index in [9.17, 15) is 19.0 Å². The lowest BCUT2D eigenvalue weighted by Crippen LogP contribution is -2.29. The van der Waals surface area contributed by atoms with Gasteiger partial charge in [-0.05, 0) is 44.9 Å². The van der Waals surface area contributed by atoms with Gasteiger partial charge in [-0.3, -0.25) is 18.6 Å². The summed E-state index contributed by atoms with van der Waals surface area (Å²) >= 11 is 0. The average Bonchev–Trinajstić information content (AvgIpc) is 3.33. The molecular formula is C58H112NO8P. The van der Waals surface area contributed by atoms with Gasteiger partial charge in [0.2, 0.25) is 0 Å². The molecule has 0 fully saturated rings. The second kappa shape index (κ2) is 54.8. The third-order valence-electron chi connectivity index (χ3n) is 13.1. The molecule has 0 aliphatic carbocycles. The zero-order chi connectivity index (χ0) is 49.5. The van der Waals surface area contributed by atoms with Gasteiger partial charge in [0.05, 0.1) is 13.2 Å². The molecule has 0 aliphatic rings. The smallest absolute Gasteiger partial charge is 0.462 e. The fourth-order valence-electron chi connectivity index (χ4n) is 8.73. The van der Waals surface area contributed by atoms with Gasteiger partial charge in [-0.25, -0.2) is 4.57 Å². The highest BCUT2D eigenvalue weighted by Gasteiger charge is 2.26. The lowest BCUT2D eigenvalue weighted by atomic mass is 10.0. The maximum absolute atomic E-state index is 12.7. The molecule has 402 valence electrons. The molecule has 0 aliphatic heterocycles. The zero-order valence-electron chi connectivity index (χ0n) is 44.9. The van der Waals surface area contributed by atoms with E-state index in [4.69, 9.17) is 24.3 Å². The maximum Gasteiger partial charge on any atom is 0.472 e. The molecule has 0 aromatic carbocycles. The van der Waals surface area contributed by atoms with Crippen molar-refractivity contribution in [3.05, 3.63) is 24.3 Å². The quantitative estimate of drug-likeness (QED) is 0.0264. The highest BCUT2D eigenvalue weighted by atomic mass is 31.2. The first kappa shape index (κ1) is 66.5. The molecule has 0 spiro atoms. The number of hydrogen-bond acceptors (Lipinski definition) is 8. The summed E-state index contributed by atoms with van der Waals surface area (Å²) in [7, 11) is -4.38. The summed E-state index contributed by atoms with van der Waals surface area (Å²) < 4.78 is 33.1. The lowest BCUT2D eigenvalue weighted by Gasteiger charge is -2.19. The highest BCUT2D eigenvalue weighted by Crippen LogP contribution is 2.43. The van der Waals surface area contributed by atoms with Gasteiger partial charge in [-0.2, -0.15) is 0 Å². The Bertz CT molecular complexity index is 1170. The van der Waals surface area contributed by atoms with E-state index in [0.717, 1.165) is 44.9 Å². The number of rotatable bonds is 56. The summed E-state index contributed by atoms with van der Waals surface area (Å²) in [5, 5.41) is 0. The summed E-state index contributed by atoms with van der Waals surface area (Å²) in [6.45, 7) is 3.79. The predicted molar refractivity (Wildman–Crippen MR) is 289 cm³/mol. The normalized spacial score (nSPS) is 13.2. The molecule has 9 nitrogen and oxygen atoms in total. The van der Waals surface area contributed by atoms with Crippen LogP contribution >= 0.6 is 7.82 Å². The van der Waals surface area contributed by atoms with Crippen LogP contribution in [-0.4, -0.2) is 49.3 Å². The van der Waals surface area contributed by atoms with Crippen LogP contribution in [0.1, 0.15) is 303 Å². The number of ether oxygens (including phenoxy) is 2. The molecule has 10 heteroatoms. The van der Waals surface area contributed by atoms with Gasteiger partial charge >= 0.3 is 19.8 Å². The Hall–Kier alpha value is -1.51. The van der Waals surface area contributed by atoms with Crippen LogP contribution in [-0.2, 0) is 32.7 Å². The number of hydrogen-bond donors (Lipinski definition) is 2. The van der Waals surface area contributed by atoms with E-state index >= 15 is 0 Å². The van der Waals surface area contributed by atoms with Crippen molar-refractivity contribution in [2.45, 2.75) is 309 Å². The molecular weight excluding hydrogens is 870 g/mol. The minimum Gasteiger partial charge on any atom is -0.462 e. The number of esters is 2. The molecule has 0 rings (SSSR count). The van der Waals surface area contributed by atoms with Crippen molar-refractivity contribution in [3.8, 4) is 0 Å². The molecule has 0 bridgehead atoms. The van der Waals surface area contributed by atoms with E-state index in [2.05, 4.69) is 38.2 Å². The summed E-state index contributed by atoms with van der Waals surface area (Å²) in [6, 6.07) is 0. The SMILES string of the molecule is CCCCCCC/C=C\C/C=C\CCCCCCCCCCCCCC(=O)OC(COC(=O)CCCCCCCCCCCCCCCCCCCCCCCCCC)COP(=O)(O)OCCN. The summed E-state index contributed by atoms with van der Waals surface area (Å²) in [4.78, 5) is 35.2. The Kier molecular flexibility index (Phi) is 53.6. The topological polar surface area (TPSA) is 134 Å². The van der Waals surface area contributed by atoms with Crippen molar-refractivity contribution in [2.24, 2.45) is 5.73 Å². The first-order valence-corrected chi connectivity index (χ1v) is 30.8. The molecule has 0 aromatic heterocycles. The van der Waals surface area contributed by atoms with Gasteiger partial charge in [-0.1, -0.05) is 269 Å². The van der Waals surface area contributed by atoms with Gasteiger partial charge in [0.1, 0.15) is 6.61 Å². The van der Waals surface area contributed by atoms with Crippen LogP contribution in [0.15, 0.2) is 24.3 Å². The van der Waals surface area contributed by atoms with Gasteiger partial charge in [0.15, 0.2) is 6.10 Å². The number of phosphoric acid groups is 1. The van der Waals surface area contributed by atoms with Crippen LogP contribution in [0, 0.1) is 0 Å². The van der Waals surface area contributed by atoms with E-state index in [1.807, 2.05) is 0 Å². The molecule has 68 heavy (non-hydrogen) atoms. The summed E-state index contributed by atoms with van der Waals surface area (Å²) in [5.74, 6) is -0.812. The van der Waals surface area contributed by atoms with E-state index < -0.39 is 26.5 Å². The number of allylic oxidation sites excluding steroid dienone is 4. The standard InChI is InChI=1S/C58H112NO8P/c1-3-5-7-9-11-13-15-17-19-21-23-25-27-29-30-32-34-36-38-40-42-44-46-48-50-57(60)64-54-56(55-66-68(62,63)65-53-52-59)67-58(61)51-49-47-45-43-41-39-37-35-33-31-28-26-24-22-20-18-16-14-12-10-8-6-4-2/h16,18,22,24,56H,3-15,17,19-21,23,25-55,59H2,1-2H3,(H,62,63)/b18-16-,24-22-. The predicted octanol–water partition coefficient (Wildman–Crippen LogP) is 18.2. The number of unbranched alkanes of at least 4 members (excludes halogenated alkanes) is 39. The van der Waals surface area contributed by atoms with Gasteiger partial charge in [-0.15, -0.1) is 0 Å². The summed E-state index contributed by atoms with van der Waals surface area (Å²) in [6.07, 6.45) is 63.8. The van der Waals surface area contributed by atoms with Gasteiger partial charge < -0.3 is 20.1 Å². The van der Waals surface area contributed by atoms with Crippen molar-refractivity contribution in [1.82, 2.24) is 0 Å². The van der Waals surface area contributed by atoms with Crippen molar-refractivity contribution in [1.29, 1.82) is 0 Å². The molecule has 3 N–H and O–H groups in total. The molecule has 0 amide bonds. The van der Waals surface area contributed by atoms with Crippen LogP contribution in [0.2, 0.25) is 0 Å². The largest absolute Gasteiger partial charge is 0.472 e. The zero-order valence-corrected chi connectivity index (χ0v) is 45.8. The van der Waals surface area contributed by atoms with Crippen molar-refractivity contribution in [3.63, 3.8) is 0 Å². The van der Waals surface area contributed by atoms with Crippen LogP contribution in [0.3, 0.4) is 0 Å². The third kappa shape index (κ3) is 53.8. The van der Waals surface area contributed by atoms with Crippen molar-refractivity contribution >= 4 is 19.8 Å². The minimum atomic E-state index is -4.38. The van der Waals surface area contributed by atoms with Crippen molar-refractivity contribution in [2.75, 3.05) is 26.4 Å².